The third kappa shape index (κ3) is 4.99. The van der Waals surface area contributed by atoms with Gasteiger partial charge in [0.15, 0.2) is 0 Å². The molecule has 174 valence electrons. The fourth-order valence-electron chi connectivity index (χ4n) is 4.53. The summed E-state index contributed by atoms with van der Waals surface area (Å²) in [5, 5.41) is 13.4. The second-order valence-corrected chi connectivity index (χ2v) is 9.44. The van der Waals surface area contributed by atoms with E-state index < -0.39 is 17.8 Å². The number of nitrogens with one attached hydrogen (secondary N) is 1. The lowest BCUT2D eigenvalue weighted by atomic mass is 9.92. The van der Waals surface area contributed by atoms with Gasteiger partial charge in [0.25, 0.3) is 5.91 Å². The number of rotatable bonds is 6. The average Bonchev–Trinajstić information content (AvgIpc) is 3.50. The Bertz CT molecular complexity index is 998. The summed E-state index contributed by atoms with van der Waals surface area (Å²) in [6.45, 7) is 2.42. The number of alkyl halides is 3. The van der Waals surface area contributed by atoms with Crippen molar-refractivity contribution < 1.29 is 23.1 Å². The number of halogens is 4. The maximum absolute atomic E-state index is 13.4. The molecule has 2 aromatic rings. The quantitative estimate of drug-likeness (QED) is 0.548. The Kier molecular flexibility index (Phi) is 6.59. The molecule has 32 heavy (non-hydrogen) atoms. The molecule has 2 saturated carbocycles. The normalized spacial score (nSPS) is 21.6. The summed E-state index contributed by atoms with van der Waals surface area (Å²) in [4.78, 5) is 13.1. The van der Waals surface area contributed by atoms with Crippen molar-refractivity contribution in [1.29, 1.82) is 0 Å². The molecule has 1 aromatic heterocycles. The van der Waals surface area contributed by atoms with Crippen molar-refractivity contribution in [3.05, 3.63) is 46.1 Å². The first-order valence-corrected chi connectivity index (χ1v) is 11.6. The van der Waals surface area contributed by atoms with Gasteiger partial charge in [0.2, 0.25) is 0 Å². The van der Waals surface area contributed by atoms with Crippen LogP contribution in [-0.4, -0.2) is 27.7 Å². The number of hydrogen-bond acceptors (Lipinski definition) is 2. The minimum atomic E-state index is -4.49. The van der Waals surface area contributed by atoms with Gasteiger partial charge in [0.1, 0.15) is 0 Å². The van der Waals surface area contributed by atoms with E-state index in [0.717, 1.165) is 44.2 Å². The molecule has 2 fully saturated rings. The maximum Gasteiger partial charge on any atom is 0.416 e. The minimum absolute atomic E-state index is 0.206. The van der Waals surface area contributed by atoms with E-state index in [-0.39, 0.29) is 22.5 Å². The molecular formula is C24H28ClF3N2O2. The van der Waals surface area contributed by atoms with Crippen LogP contribution in [0.3, 0.4) is 0 Å². The third-order valence-corrected chi connectivity index (χ3v) is 7.01. The van der Waals surface area contributed by atoms with Crippen molar-refractivity contribution in [1.82, 2.24) is 9.88 Å². The van der Waals surface area contributed by atoms with Gasteiger partial charge in [-0.25, -0.2) is 0 Å². The van der Waals surface area contributed by atoms with Crippen LogP contribution in [0.1, 0.15) is 66.6 Å². The van der Waals surface area contributed by atoms with E-state index in [1.807, 2.05) is 11.5 Å². The number of carbonyl (C=O) groups excluding carboxylic acids is 1. The van der Waals surface area contributed by atoms with Crippen LogP contribution < -0.4 is 5.32 Å². The highest BCUT2D eigenvalue weighted by molar-refractivity contribution is 6.33. The standard InChI is InChI=1S/C24H28ClF3N2O2/c1-14-17(23(32)29-20-4-2-3-5-22(20)31)13-21(30(14)11-10-15-6-7-15)18-12-16(24(26,27)28)8-9-19(18)25/h8-9,12-13,15,20,22,31H,2-7,10-11H2,1H3,(H,29,32). The molecule has 8 heteroatoms. The van der Waals surface area contributed by atoms with Crippen LogP contribution in [0.15, 0.2) is 24.3 Å². The van der Waals surface area contributed by atoms with Gasteiger partial charge in [0, 0.05) is 22.8 Å². The Morgan fingerprint density at radius 1 is 1.19 bits per heavy atom. The zero-order chi connectivity index (χ0) is 23.0. The number of amides is 1. The molecule has 0 radical (unpaired) electrons. The second-order valence-electron chi connectivity index (χ2n) is 9.04. The lowest BCUT2D eigenvalue weighted by Gasteiger charge is -2.28. The van der Waals surface area contributed by atoms with Gasteiger partial charge < -0.3 is 15.0 Å². The Hall–Kier alpha value is -1.99. The molecule has 2 aliphatic carbocycles. The third-order valence-electron chi connectivity index (χ3n) is 6.68. The van der Waals surface area contributed by atoms with Crippen LogP contribution in [-0.2, 0) is 12.7 Å². The van der Waals surface area contributed by atoms with Crippen LogP contribution in [0.2, 0.25) is 5.02 Å². The average molecular weight is 469 g/mol. The first kappa shape index (κ1) is 23.2. The molecule has 1 aromatic carbocycles. The lowest BCUT2D eigenvalue weighted by molar-refractivity contribution is -0.137. The van der Waals surface area contributed by atoms with Gasteiger partial charge >= 0.3 is 6.18 Å². The SMILES string of the molecule is Cc1c(C(=O)NC2CCCCC2O)cc(-c2cc(C(F)(F)F)ccc2Cl)n1CCC1CC1. The highest BCUT2D eigenvalue weighted by Crippen LogP contribution is 2.39. The molecule has 1 heterocycles. The smallest absolute Gasteiger partial charge is 0.391 e. The molecule has 2 aliphatic rings. The fourth-order valence-corrected chi connectivity index (χ4v) is 4.74. The highest BCUT2D eigenvalue weighted by Gasteiger charge is 2.32. The Morgan fingerprint density at radius 2 is 1.91 bits per heavy atom. The molecule has 0 bridgehead atoms. The van der Waals surface area contributed by atoms with Crippen LogP contribution >= 0.6 is 11.6 Å². The molecule has 2 atom stereocenters. The minimum Gasteiger partial charge on any atom is -0.391 e. The summed E-state index contributed by atoms with van der Waals surface area (Å²) in [6.07, 6.45) is 1.38. The van der Waals surface area contributed by atoms with Crippen LogP contribution in [0.4, 0.5) is 13.2 Å². The van der Waals surface area contributed by atoms with Gasteiger partial charge in [-0.05, 0) is 56.4 Å². The molecule has 4 rings (SSSR count). The largest absolute Gasteiger partial charge is 0.416 e. The summed E-state index contributed by atoms with van der Waals surface area (Å²) in [6, 6.07) is 4.59. The Morgan fingerprint density at radius 3 is 2.56 bits per heavy atom. The molecule has 0 saturated heterocycles. The monoisotopic (exact) mass is 468 g/mol. The first-order chi connectivity index (χ1) is 15.1. The van der Waals surface area contributed by atoms with Crippen molar-refractivity contribution >= 4 is 17.5 Å². The van der Waals surface area contributed by atoms with E-state index in [9.17, 15) is 23.1 Å². The summed E-state index contributed by atoms with van der Waals surface area (Å²) < 4.78 is 42.0. The first-order valence-electron chi connectivity index (χ1n) is 11.2. The summed E-state index contributed by atoms with van der Waals surface area (Å²) in [5.41, 5.74) is 1.09. The van der Waals surface area contributed by atoms with Gasteiger partial charge in [-0.15, -0.1) is 0 Å². The molecule has 4 nitrogen and oxygen atoms in total. The summed E-state index contributed by atoms with van der Waals surface area (Å²) >= 11 is 6.33. The van der Waals surface area contributed by atoms with E-state index in [1.165, 1.54) is 6.07 Å². The van der Waals surface area contributed by atoms with Crippen molar-refractivity contribution in [2.75, 3.05) is 0 Å². The zero-order valence-electron chi connectivity index (χ0n) is 18.0. The van der Waals surface area contributed by atoms with Crippen molar-refractivity contribution in [3.63, 3.8) is 0 Å². The maximum atomic E-state index is 13.4. The van der Waals surface area contributed by atoms with E-state index in [1.54, 1.807) is 6.07 Å². The van der Waals surface area contributed by atoms with E-state index in [0.29, 0.717) is 42.3 Å². The van der Waals surface area contributed by atoms with E-state index in [4.69, 9.17) is 11.6 Å². The Labute approximate surface area is 190 Å². The molecule has 2 unspecified atom stereocenters. The topological polar surface area (TPSA) is 54.3 Å². The Balaban J connectivity index is 1.71. The lowest BCUT2D eigenvalue weighted by Crippen LogP contribution is -2.45. The van der Waals surface area contributed by atoms with Gasteiger partial charge in [0.05, 0.1) is 29.0 Å². The zero-order valence-corrected chi connectivity index (χ0v) is 18.8. The van der Waals surface area contributed by atoms with Crippen LogP contribution in [0.25, 0.3) is 11.3 Å². The second kappa shape index (κ2) is 9.10. The van der Waals surface area contributed by atoms with Crippen molar-refractivity contribution in [2.24, 2.45) is 5.92 Å². The predicted octanol–water partition coefficient (Wildman–Crippen LogP) is 5.97. The van der Waals surface area contributed by atoms with Crippen LogP contribution in [0, 0.1) is 12.8 Å². The molecule has 0 spiro atoms. The van der Waals surface area contributed by atoms with E-state index in [2.05, 4.69) is 5.32 Å². The van der Waals surface area contributed by atoms with Crippen molar-refractivity contribution in [2.45, 2.75) is 76.7 Å². The fraction of sp³-hybridized carbons (Fsp3) is 0.542. The predicted molar refractivity (Wildman–Crippen MR) is 118 cm³/mol. The molecule has 1 amide bonds. The van der Waals surface area contributed by atoms with E-state index >= 15 is 0 Å². The molecule has 0 aliphatic heterocycles. The number of nitrogens with zero attached hydrogens (tertiary/aromatic N) is 1. The van der Waals surface area contributed by atoms with Gasteiger partial charge in [-0.3, -0.25) is 4.79 Å². The molecular weight excluding hydrogens is 441 g/mol. The number of aromatic nitrogens is 1. The summed E-state index contributed by atoms with van der Waals surface area (Å²) in [7, 11) is 0. The number of benzene rings is 1. The van der Waals surface area contributed by atoms with Crippen molar-refractivity contribution in [3.8, 4) is 11.3 Å². The number of hydrogen-bond donors (Lipinski definition) is 2. The number of aliphatic hydroxyl groups excluding tert-OH is 1. The molecule has 2 N–H and O–H groups in total. The van der Waals surface area contributed by atoms with Crippen LogP contribution in [0.5, 0.6) is 0 Å². The van der Waals surface area contributed by atoms with Gasteiger partial charge in [-0.2, -0.15) is 13.2 Å². The number of carbonyl (C=O) groups is 1. The highest BCUT2D eigenvalue weighted by atomic mass is 35.5. The summed E-state index contributed by atoms with van der Waals surface area (Å²) in [5.74, 6) is 0.305. The number of aliphatic hydroxyl groups is 1. The van der Waals surface area contributed by atoms with Gasteiger partial charge in [-0.1, -0.05) is 37.3 Å².